The third kappa shape index (κ3) is 4.14. The number of halogens is 1. The first kappa shape index (κ1) is 17.3. The van der Waals surface area contributed by atoms with E-state index < -0.39 is 5.92 Å². The number of carbonyl (C=O) groups excluding carboxylic acids is 2. The van der Waals surface area contributed by atoms with E-state index in [1.54, 1.807) is 11.0 Å². The maximum absolute atomic E-state index is 12.3. The van der Waals surface area contributed by atoms with Gasteiger partial charge in [0.15, 0.2) is 0 Å². The van der Waals surface area contributed by atoms with Crippen LogP contribution in [0.25, 0.3) is 0 Å². The molecule has 2 aromatic rings. The average Bonchev–Trinajstić information content (AvgIpc) is 2.98. The molecule has 1 atom stereocenters. The van der Waals surface area contributed by atoms with Crippen molar-refractivity contribution in [1.82, 2.24) is 15.1 Å². The predicted octanol–water partition coefficient (Wildman–Crippen LogP) is 1.18. The molecule has 130 valence electrons. The summed E-state index contributed by atoms with van der Waals surface area (Å²) in [5, 5.41) is 6.71. The molecule has 1 aromatic heterocycles. The molecule has 3 rings (SSSR count). The highest BCUT2D eigenvalue weighted by molar-refractivity contribution is 9.10. The Morgan fingerprint density at radius 1 is 1.28 bits per heavy atom. The van der Waals surface area contributed by atoms with Crippen LogP contribution in [0.1, 0.15) is 6.42 Å². The van der Waals surface area contributed by atoms with E-state index in [4.69, 9.17) is 0 Å². The summed E-state index contributed by atoms with van der Waals surface area (Å²) in [4.78, 5) is 37.7. The molecule has 1 saturated heterocycles. The van der Waals surface area contributed by atoms with Crippen LogP contribution in [0.4, 0.5) is 5.69 Å². The first-order chi connectivity index (χ1) is 12.0. The Balaban J connectivity index is 1.56. The Bertz CT molecular complexity index is 852. The Morgan fingerprint density at radius 2 is 2.12 bits per heavy atom. The monoisotopic (exact) mass is 404 g/mol. The van der Waals surface area contributed by atoms with Crippen LogP contribution in [-0.4, -0.2) is 34.7 Å². The minimum atomic E-state index is -0.396. The van der Waals surface area contributed by atoms with Gasteiger partial charge in [-0.1, -0.05) is 22.0 Å². The molecule has 1 aliphatic rings. The molecule has 0 bridgehead atoms. The number of aromatic nitrogens is 2. The third-order valence-corrected chi connectivity index (χ3v) is 4.52. The zero-order chi connectivity index (χ0) is 17.8. The van der Waals surface area contributed by atoms with E-state index in [9.17, 15) is 14.4 Å². The zero-order valence-electron chi connectivity index (χ0n) is 13.4. The lowest BCUT2D eigenvalue weighted by Crippen LogP contribution is -2.36. The maximum Gasteiger partial charge on any atom is 0.266 e. The molecular formula is C17H17BrN4O3. The third-order valence-electron chi connectivity index (χ3n) is 4.02. The van der Waals surface area contributed by atoms with Crippen molar-refractivity contribution in [3.63, 3.8) is 0 Å². The molecule has 7 nitrogen and oxygen atoms in total. The van der Waals surface area contributed by atoms with Crippen LogP contribution in [0.5, 0.6) is 0 Å². The summed E-state index contributed by atoms with van der Waals surface area (Å²) in [6, 6.07) is 10.4. The fourth-order valence-electron chi connectivity index (χ4n) is 2.76. The number of hydrogen-bond donors (Lipinski definition) is 1. The summed E-state index contributed by atoms with van der Waals surface area (Å²) in [5.41, 5.74) is 0.559. The van der Waals surface area contributed by atoms with Crippen LogP contribution >= 0.6 is 15.9 Å². The van der Waals surface area contributed by atoms with Crippen LogP contribution < -0.4 is 15.8 Å². The van der Waals surface area contributed by atoms with Gasteiger partial charge in [0, 0.05) is 41.9 Å². The SMILES string of the molecule is O=C(NCCn1ncccc1=O)[C@H]1CC(=O)N(c2cccc(Br)c2)C1. The van der Waals surface area contributed by atoms with Gasteiger partial charge in [-0.25, -0.2) is 4.68 Å². The molecule has 1 N–H and O–H groups in total. The Hall–Kier alpha value is -2.48. The van der Waals surface area contributed by atoms with Crippen molar-refractivity contribution in [3.8, 4) is 0 Å². The molecule has 0 aliphatic carbocycles. The standard InChI is InChI=1S/C17H17BrN4O3/c18-13-3-1-4-14(10-13)21-11-12(9-16(21)24)17(25)19-7-8-22-15(23)5-2-6-20-22/h1-6,10,12H,7-9,11H2,(H,19,25)/t12-/m0/s1. The summed E-state index contributed by atoms with van der Waals surface area (Å²) in [7, 11) is 0. The van der Waals surface area contributed by atoms with Gasteiger partial charge in [-0.05, 0) is 24.3 Å². The summed E-state index contributed by atoms with van der Waals surface area (Å²) < 4.78 is 2.17. The highest BCUT2D eigenvalue weighted by Gasteiger charge is 2.34. The van der Waals surface area contributed by atoms with Crippen molar-refractivity contribution in [2.45, 2.75) is 13.0 Å². The highest BCUT2D eigenvalue weighted by atomic mass is 79.9. The van der Waals surface area contributed by atoms with E-state index in [2.05, 4.69) is 26.3 Å². The van der Waals surface area contributed by atoms with E-state index in [0.717, 1.165) is 10.2 Å². The fraction of sp³-hybridized carbons (Fsp3) is 0.294. The highest BCUT2D eigenvalue weighted by Crippen LogP contribution is 2.27. The van der Waals surface area contributed by atoms with Gasteiger partial charge in [0.1, 0.15) is 0 Å². The van der Waals surface area contributed by atoms with Crippen molar-refractivity contribution in [3.05, 3.63) is 57.4 Å². The van der Waals surface area contributed by atoms with Crippen LogP contribution in [0.2, 0.25) is 0 Å². The molecule has 0 unspecified atom stereocenters. The molecule has 0 spiro atoms. The number of nitrogens with one attached hydrogen (secondary N) is 1. The number of carbonyl (C=O) groups is 2. The van der Waals surface area contributed by atoms with Crippen LogP contribution in [0.3, 0.4) is 0 Å². The van der Waals surface area contributed by atoms with E-state index in [0.29, 0.717) is 13.1 Å². The van der Waals surface area contributed by atoms with Gasteiger partial charge in [0.2, 0.25) is 11.8 Å². The molecule has 1 aliphatic heterocycles. The van der Waals surface area contributed by atoms with E-state index in [1.165, 1.54) is 16.9 Å². The van der Waals surface area contributed by atoms with Gasteiger partial charge in [-0.15, -0.1) is 0 Å². The molecule has 0 radical (unpaired) electrons. The van der Waals surface area contributed by atoms with Gasteiger partial charge < -0.3 is 10.2 Å². The second-order valence-electron chi connectivity index (χ2n) is 5.76. The average molecular weight is 405 g/mol. The lowest BCUT2D eigenvalue weighted by molar-refractivity contribution is -0.126. The van der Waals surface area contributed by atoms with Gasteiger partial charge in [-0.2, -0.15) is 5.10 Å². The maximum atomic E-state index is 12.3. The summed E-state index contributed by atoms with van der Waals surface area (Å²) in [6.45, 7) is 0.934. The number of anilines is 1. The molecule has 2 heterocycles. The van der Waals surface area contributed by atoms with Crippen molar-refractivity contribution in [2.24, 2.45) is 5.92 Å². The largest absolute Gasteiger partial charge is 0.354 e. The van der Waals surface area contributed by atoms with Crippen molar-refractivity contribution >= 4 is 33.4 Å². The molecule has 25 heavy (non-hydrogen) atoms. The molecule has 1 aromatic carbocycles. The van der Waals surface area contributed by atoms with Crippen LogP contribution in [0, 0.1) is 5.92 Å². The summed E-state index contributed by atoms with van der Waals surface area (Å²) in [6.07, 6.45) is 1.70. The van der Waals surface area contributed by atoms with Gasteiger partial charge in [-0.3, -0.25) is 14.4 Å². The van der Waals surface area contributed by atoms with Gasteiger partial charge >= 0.3 is 0 Å². The Labute approximate surface area is 152 Å². The smallest absolute Gasteiger partial charge is 0.266 e. The van der Waals surface area contributed by atoms with Gasteiger partial charge in [0.25, 0.3) is 5.56 Å². The summed E-state index contributed by atoms with van der Waals surface area (Å²) >= 11 is 3.38. The van der Waals surface area contributed by atoms with E-state index in [1.807, 2.05) is 24.3 Å². The number of hydrogen-bond acceptors (Lipinski definition) is 4. The van der Waals surface area contributed by atoms with E-state index in [-0.39, 0.29) is 30.3 Å². The molecule has 8 heteroatoms. The van der Waals surface area contributed by atoms with Crippen LogP contribution in [0.15, 0.2) is 51.9 Å². The Kier molecular flexibility index (Phi) is 5.28. The first-order valence-corrected chi connectivity index (χ1v) is 8.69. The van der Waals surface area contributed by atoms with Crippen LogP contribution in [-0.2, 0) is 16.1 Å². The summed E-state index contributed by atoms with van der Waals surface area (Å²) in [5.74, 6) is -0.652. The van der Waals surface area contributed by atoms with Crippen molar-refractivity contribution in [1.29, 1.82) is 0 Å². The lowest BCUT2D eigenvalue weighted by Gasteiger charge is -2.17. The molecule has 2 amide bonds. The van der Waals surface area contributed by atoms with E-state index >= 15 is 0 Å². The topological polar surface area (TPSA) is 84.3 Å². The minimum absolute atomic E-state index is 0.0702. The predicted molar refractivity (Wildman–Crippen MR) is 96.1 cm³/mol. The second-order valence-corrected chi connectivity index (χ2v) is 6.68. The molecular weight excluding hydrogens is 388 g/mol. The molecule has 1 fully saturated rings. The number of rotatable bonds is 5. The Morgan fingerprint density at radius 3 is 2.88 bits per heavy atom. The lowest BCUT2D eigenvalue weighted by atomic mass is 10.1. The quantitative estimate of drug-likeness (QED) is 0.810. The zero-order valence-corrected chi connectivity index (χ0v) is 15.0. The fourth-order valence-corrected chi connectivity index (χ4v) is 3.15. The van der Waals surface area contributed by atoms with Crippen molar-refractivity contribution < 1.29 is 9.59 Å². The van der Waals surface area contributed by atoms with Crippen molar-refractivity contribution in [2.75, 3.05) is 18.0 Å². The number of amides is 2. The molecule has 0 saturated carbocycles. The minimum Gasteiger partial charge on any atom is -0.354 e. The van der Waals surface area contributed by atoms with Gasteiger partial charge in [0.05, 0.1) is 12.5 Å². The number of benzene rings is 1. The second kappa shape index (κ2) is 7.60. The normalized spacial score (nSPS) is 16.9. The first-order valence-electron chi connectivity index (χ1n) is 7.90. The number of nitrogens with zero attached hydrogens (tertiary/aromatic N) is 3.